The first-order chi connectivity index (χ1) is 8.24. The maximum absolute atomic E-state index is 9.31. The van der Waals surface area contributed by atoms with Gasteiger partial charge in [0.05, 0.1) is 11.1 Å². The van der Waals surface area contributed by atoms with Gasteiger partial charge in [-0.15, -0.1) is 11.3 Å². The van der Waals surface area contributed by atoms with Gasteiger partial charge < -0.3 is 16.2 Å². The minimum Gasteiger partial charge on any atom is -0.396 e. The summed E-state index contributed by atoms with van der Waals surface area (Å²) in [6, 6.07) is 2.51. The summed E-state index contributed by atoms with van der Waals surface area (Å²) in [5, 5.41) is 15.6. The number of rotatable bonds is 5. The molecule has 0 saturated heterocycles. The van der Waals surface area contributed by atoms with Crippen molar-refractivity contribution in [3.8, 4) is 0 Å². The first-order valence-corrected chi connectivity index (χ1v) is 7.31. The standard InChI is InChI=1S/C12H19ClN2OS/c13-9-4-12(17-7-9)11(5-14)15-10-3-1-2-8(10)6-16/h4,7-8,10-11,15-16H,1-3,5-6,14H2. The van der Waals surface area contributed by atoms with E-state index in [9.17, 15) is 5.11 Å². The zero-order valence-corrected chi connectivity index (χ0v) is 11.3. The van der Waals surface area contributed by atoms with Crippen molar-refractivity contribution in [1.29, 1.82) is 0 Å². The van der Waals surface area contributed by atoms with Gasteiger partial charge in [0.25, 0.3) is 0 Å². The molecule has 0 aliphatic heterocycles. The summed E-state index contributed by atoms with van der Waals surface area (Å²) < 4.78 is 0. The molecule has 4 N–H and O–H groups in total. The molecule has 3 nitrogen and oxygen atoms in total. The van der Waals surface area contributed by atoms with Crippen molar-refractivity contribution in [2.45, 2.75) is 31.3 Å². The summed E-state index contributed by atoms with van der Waals surface area (Å²) in [4.78, 5) is 1.18. The molecule has 1 heterocycles. The Labute approximate surface area is 111 Å². The Kier molecular flexibility index (Phi) is 4.82. The number of hydrogen-bond donors (Lipinski definition) is 3. The predicted molar refractivity (Wildman–Crippen MR) is 72.5 cm³/mol. The highest BCUT2D eigenvalue weighted by Crippen LogP contribution is 2.30. The Bertz CT molecular complexity index is 358. The number of nitrogens with two attached hydrogens (primary N) is 1. The summed E-state index contributed by atoms with van der Waals surface area (Å²) in [6.07, 6.45) is 3.42. The number of aliphatic hydroxyl groups is 1. The zero-order valence-electron chi connectivity index (χ0n) is 9.73. The van der Waals surface area contributed by atoms with Gasteiger partial charge in [-0.1, -0.05) is 18.0 Å². The molecule has 5 heteroatoms. The average Bonchev–Trinajstić information content (AvgIpc) is 2.94. The van der Waals surface area contributed by atoms with E-state index < -0.39 is 0 Å². The van der Waals surface area contributed by atoms with Crippen molar-refractivity contribution in [3.05, 3.63) is 21.3 Å². The van der Waals surface area contributed by atoms with Crippen LogP contribution in [-0.2, 0) is 0 Å². The maximum Gasteiger partial charge on any atom is 0.0542 e. The largest absolute Gasteiger partial charge is 0.396 e. The second-order valence-electron chi connectivity index (χ2n) is 4.60. The highest BCUT2D eigenvalue weighted by Gasteiger charge is 2.28. The lowest BCUT2D eigenvalue weighted by Gasteiger charge is -2.24. The molecule has 96 valence electrons. The molecule has 2 rings (SSSR count). The minimum absolute atomic E-state index is 0.157. The van der Waals surface area contributed by atoms with E-state index in [0.717, 1.165) is 17.9 Å². The van der Waals surface area contributed by atoms with E-state index in [1.165, 1.54) is 11.3 Å². The van der Waals surface area contributed by atoms with Crippen LogP contribution in [0, 0.1) is 5.92 Å². The predicted octanol–water partition coefficient (Wildman–Crippen LogP) is 2.15. The SMILES string of the molecule is NCC(NC1CCCC1CO)c1cc(Cl)cs1. The monoisotopic (exact) mass is 274 g/mol. The summed E-state index contributed by atoms with van der Waals surface area (Å²) in [6.45, 7) is 0.825. The Morgan fingerprint density at radius 1 is 1.59 bits per heavy atom. The van der Waals surface area contributed by atoms with Crippen LogP contribution in [0.1, 0.15) is 30.2 Å². The average molecular weight is 275 g/mol. The number of halogens is 1. The summed E-state index contributed by atoms with van der Waals surface area (Å²) >= 11 is 7.57. The van der Waals surface area contributed by atoms with Gasteiger partial charge in [0, 0.05) is 29.5 Å². The number of aliphatic hydroxyl groups excluding tert-OH is 1. The van der Waals surface area contributed by atoms with E-state index in [1.807, 2.05) is 11.4 Å². The second kappa shape index (κ2) is 6.16. The van der Waals surface area contributed by atoms with Crippen LogP contribution in [0.4, 0.5) is 0 Å². The quantitative estimate of drug-likeness (QED) is 0.771. The Morgan fingerprint density at radius 3 is 3.00 bits per heavy atom. The van der Waals surface area contributed by atoms with Crippen LogP contribution < -0.4 is 11.1 Å². The molecule has 17 heavy (non-hydrogen) atoms. The van der Waals surface area contributed by atoms with Gasteiger partial charge in [-0.3, -0.25) is 0 Å². The van der Waals surface area contributed by atoms with Crippen LogP contribution in [0.25, 0.3) is 0 Å². The first kappa shape index (κ1) is 13.3. The van der Waals surface area contributed by atoms with E-state index in [-0.39, 0.29) is 12.6 Å². The molecule has 1 fully saturated rings. The maximum atomic E-state index is 9.31. The normalized spacial score (nSPS) is 26.3. The van der Waals surface area contributed by atoms with E-state index in [2.05, 4.69) is 5.32 Å². The molecule has 1 aliphatic carbocycles. The molecule has 0 amide bonds. The molecule has 1 aliphatic rings. The molecule has 0 bridgehead atoms. The van der Waals surface area contributed by atoms with Crippen molar-refractivity contribution < 1.29 is 5.11 Å². The van der Waals surface area contributed by atoms with Gasteiger partial charge in [-0.2, -0.15) is 0 Å². The van der Waals surface area contributed by atoms with Gasteiger partial charge in [0.15, 0.2) is 0 Å². The fourth-order valence-electron chi connectivity index (χ4n) is 2.51. The Morgan fingerprint density at radius 2 is 2.41 bits per heavy atom. The minimum atomic E-state index is 0.157. The third-order valence-corrected chi connectivity index (χ3v) is 4.87. The van der Waals surface area contributed by atoms with Crippen molar-refractivity contribution in [2.24, 2.45) is 11.7 Å². The molecule has 1 saturated carbocycles. The Balaban J connectivity index is 2.00. The van der Waals surface area contributed by atoms with E-state index >= 15 is 0 Å². The van der Waals surface area contributed by atoms with Crippen molar-refractivity contribution in [3.63, 3.8) is 0 Å². The highest BCUT2D eigenvalue weighted by molar-refractivity contribution is 7.10. The third-order valence-electron chi connectivity index (χ3n) is 3.48. The second-order valence-corrected chi connectivity index (χ2v) is 5.98. The molecule has 0 aromatic carbocycles. The van der Waals surface area contributed by atoms with E-state index in [1.54, 1.807) is 11.3 Å². The molecule has 3 atom stereocenters. The fourth-order valence-corrected chi connectivity index (χ4v) is 3.67. The molecule has 0 radical (unpaired) electrons. The topological polar surface area (TPSA) is 58.3 Å². The molecular formula is C12H19ClN2OS. The van der Waals surface area contributed by atoms with Gasteiger partial charge in [0.1, 0.15) is 0 Å². The highest BCUT2D eigenvalue weighted by atomic mass is 35.5. The number of nitrogens with one attached hydrogen (secondary N) is 1. The molecule has 0 spiro atoms. The van der Waals surface area contributed by atoms with Crippen LogP contribution in [0.3, 0.4) is 0 Å². The zero-order chi connectivity index (χ0) is 12.3. The van der Waals surface area contributed by atoms with Crippen molar-refractivity contribution >= 4 is 22.9 Å². The van der Waals surface area contributed by atoms with Crippen LogP contribution in [-0.4, -0.2) is 24.3 Å². The smallest absolute Gasteiger partial charge is 0.0542 e. The number of hydrogen-bond acceptors (Lipinski definition) is 4. The summed E-state index contributed by atoms with van der Waals surface area (Å²) in [5.74, 6) is 0.375. The lowest BCUT2D eigenvalue weighted by Crippen LogP contribution is -2.39. The van der Waals surface area contributed by atoms with Gasteiger partial charge in [0.2, 0.25) is 0 Å². The van der Waals surface area contributed by atoms with Crippen molar-refractivity contribution in [1.82, 2.24) is 5.32 Å². The van der Waals surface area contributed by atoms with Crippen molar-refractivity contribution in [2.75, 3.05) is 13.2 Å². The molecule has 1 aromatic heterocycles. The first-order valence-electron chi connectivity index (χ1n) is 6.05. The van der Waals surface area contributed by atoms with Gasteiger partial charge in [-0.05, 0) is 24.8 Å². The van der Waals surface area contributed by atoms with Crippen LogP contribution >= 0.6 is 22.9 Å². The van der Waals surface area contributed by atoms with E-state index in [0.29, 0.717) is 18.5 Å². The molecule has 1 aromatic rings. The van der Waals surface area contributed by atoms with Crippen LogP contribution in [0.5, 0.6) is 0 Å². The lowest BCUT2D eigenvalue weighted by atomic mass is 10.0. The van der Waals surface area contributed by atoms with Gasteiger partial charge >= 0.3 is 0 Å². The fraction of sp³-hybridized carbons (Fsp3) is 0.667. The number of thiophene rings is 1. The van der Waals surface area contributed by atoms with Crippen LogP contribution in [0.15, 0.2) is 11.4 Å². The Hall–Kier alpha value is -0.130. The summed E-state index contributed by atoms with van der Waals surface area (Å²) in [7, 11) is 0. The molecule has 3 unspecified atom stereocenters. The lowest BCUT2D eigenvalue weighted by molar-refractivity contribution is 0.200. The molecular weight excluding hydrogens is 256 g/mol. The third kappa shape index (κ3) is 3.20. The van der Waals surface area contributed by atoms with E-state index in [4.69, 9.17) is 17.3 Å². The van der Waals surface area contributed by atoms with Crippen LogP contribution in [0.2, 0.25) is 5.02 Å². The van der Waals surface area contributed by atoms with Gasteiger partial charge in [-0.25, -0.2) is 0 Å². The summed E-state index contributed by atoms with van der Waals surface area (Å²) in [5.41, 5.74) is 5.82.